The number of para-hydroxylation sites is 1. The second kappa shape index (κ2) is 5.00. The van der Waals surface area contributed by atoms with Crippen LogP contribution in [0.25, 0.3) is 0 Å². The second-order valence-corrected chi connectivity index (χ2v) is 5.04. The van der Waals surface area contributed by atoms with Gasteiger partial charge in [0.15, 0.2) is 0 Å². The summed E-state index contributed by atoms with van der Waals surface area (Å²) in [6.07, 6.45) is -0.115. The van der Waals surface area contributed by atoms with Crippen molar-refractivity contribution in [2.75, 3.05) is 11.4 Å². The van der Waals surface area contributed by atoms with E-state index in [1.807, 2.05) is 0 Å². The maximum Gasteiger partial charge on any atom is 0.337 e. The lowest BCUT2D eigenvalue weighted by Crippen LogP contribution is -2.28. The van der Waals surface area contributed by atoms with Gasteiger partial charge in [-0.15, -0.1) is 0 Å². The van der Waals surface area contributed by atoms with Crippen LogP contribution in [0.2, 0.25) is 0 Å². The molecule has 100 valence electrons. The van der Waals surface area contributed by atoms with E-state index in [-0.39, 0.29) is 30.1 Å². The highest BCUT2D eigenvalue weighted by Crippen LogP contribution is 2.34. The molecule has 1 heterocycles. The van der Waals surface area contributed by atoms with Gasteiger partial charge in [0.1, 0.15) is 0 Å². The van der Waals surface area contributed by atoms with E-state index in [2.05, 4.69) is 15.9 Å². The molecule has 19 heavy (non-hydrogen) atoms. The number of carboxylic acid groups (broad SMARTS) is 2. The van der Waals surface area contributed by atoms with E-state index in [4.69, 9.17) is 10.2 Å². The maximum atomic E-state index is 11.9. The molecule has 0 aromatic heterocycles. The molecular formula is C12H10BrNO5. The molecule has 0 spiro atoms. The molecule has 1 aromatic carbocycles. The first-order chi connectivity index (χ1) is 8.91. The molecule has 1 aromatic rings. The SMILES string of the molecule is O=C(O)c1cccc(Br)c1N1CC(C(=O)O)CC1=O. The molecule has 1 unspecified atom stereocenters. The lowest BCUT2D eigenvalue weighted by atomic mass is 10.1. The van der Waals surface area contributed by atoms with Gasteiger partial charge in [-0.1, -0.05) is 6.07 Å². The summed E-state index contributed by atoms with van der Waals surface area (Å²) < 4.78 is 0.451. The second-order valence-electron chi connectivity index (χ2n) is 4.18. The van der Waals surface area contributed by atoms with Crippen molar-refractivity contribution in [1.29, 1.82) is 0 Å². The number of hydrogen-bond acceptors (Lipinski definition) is 3. The highest BCUT2D eigenvalue weighted by Gasteiger charge is 2.37. The molecule has 0 bridgehead atoms. The summed E-state index contributed by atoms with van der Waals surface area (Å²) in [6, 6.07) is 4.54. The largest absolute Gasteiger partial charge is 0.481 e. The number of carboxylic acids is 2. The van der Waals surface area contributed by atoms with Crippen LogP contribution in [-0.2, 0) is 9.59 Å². The highest BCUT2D eigenvalue weighted by atomic mass is 79.9. The van der Waals surface area contributed by atoms with E-state index in [0.29, 0.717) is 4.47 Å². The fourth-order valence-electron chi connectivity index (χ4n) is 2.05. The van der Waals surface area contributed by atoms with Gasteiger partial charge in [-0.25, -0.2) is 4.79 Å². The van der Waals surface area contributed by atoms with Gasteiger partial charge in [-0.05, 0) is 28.1 Å². The van der Waals surface area contributed by atoms with E-state index < -0.39 is 17.9 Å². The Hall–Kier alpha value is -1.89. The molecule has 0 radical (unpaired) electrons. The van der Waals surface area contributed by atoms with Crippen molar-refractivity contribution in [3.63, 3.8) is 0 Å². The molecule has 1 aliphatic heterocycles. The molecule has 6 nitrogen and oxygen atoms in total. The zero-order chi connectivity index (χ0) is 14.2. The van der Waals surface area contributed by atoms with Crippen LogP contribution in [-0.4, -0.2) is 34.6 Å². The van der Waals surface area contributed by atoms with Crippen molar-refractivity contribution in [2.45, 2.75) is 6.42 Å². The van der Waals surface area contributed by atoms with E-state index in [9.17, 15) is 14.4 Å². The van der Waals surface area contributed by atoms with Gasteiger partial charge in [0.25, 0.3) is 0 Å². The van der Waals surface area contributed by atoms with Crippen LogP contribution in [0.1, 0.15) is 16.8 Å². The van der Waals surface area contributed by atoms with Crippen LogP contribution in [0.4, 0.5) is 5.69 Å². The van der Waals surface area contributed by atoms with Crippen molar-refractivity contribution in [2.24, 2.45) is 5.92 Å². The molecule has 1 aliphatic rings. The minimum absolute atomic E-state index is 0.0168. The number of carbonyl (C=O) groups excluding carboxylic acids is 1. The van der Waals surface area contributed by atoms with Crippen LogP contribution >= 0.6 is 15.9 Å². The molecule has 1 saturated heterocycles. The number of aromatic carboxylic acids is 1. The third-order valence-corrected chi connectivity index (χ3v) is 3.60. The Morgan fingerprint density at radius 1 is 1.32 bits per heavy atom. The standard InChI is InChI=1S/C12H10BrNO5/c13-8-3-1-2-7(12(18)19)10(8)14-5-6(11(16)17)4-9(14)15/h1-3,6H,4-5H2,(H,16,17)(H,18,19). The summed E-state index contributed by atoms with van der Waals surface area (Å²) in [5, 5.41) is 18.1. The Labute approximate surface area is 116 Å². The molecule has 0 aliphatic carbocycles. The van der Waals surface area contributed by atoms with E-state index in [0.717, 1.165) is 0 Å². The number of nitrogens with zero attached hydrogens (tertiary/aromatic N) is 1. The summed E-state index contributed by atoms with van der Waals surface area (Å²) in [5.74, 6) is -3.41. The zero-order valence-electron chi connectivity index (χ0n) is 9.67. The molecule has 7 heteroatoms. The number of halogens is 1. The van der Waals surface area contributed by atoms with Gasteiger partial charge < -0.3 is 15.1 Å². The van der Waals surface area contributed by atoms with Gasteiger partial charge in [-0.3, -0.25) is 9.59 Å². The monoisotopic (exact) mass is 327 g/mol. The van der Waals surface area contributed by atoms with Crippen molar-refractivity contribution < 1.29 is 24.6 Å². The van der Waals surface area contributed by atoms with Crippen LogP contribution in [0.3, 0.4) is 0 Å². The van der Waals surface area contributed by atoms with Gasteiger partial charge in [0.2, 0.25) is 5.91 Å². The molecule has 0 saturated carbocycles. The van der Waals surface area contributed by atoms with Gasteiger partial charge in [0.05, 0.1) is 17.2 Å². The number of hydrogen-bond donors (Lipinski definition) is 2. The van der Waals surface area contributed by atoms with Gasteiger partial charge >= 0.3 is 11.9 Å². The third-order valence-electron chi connectivity index (χ3n) is 2.96. The fraction of sp³-hybridized carbons (Fsp3) is 0.250. The Morgan fingerprint density at radius 2 is 2.00 bits per heavy atom. The number of rotatable bonds is 3. The number of carbonyl (C=O) groups is 3. The Morgan fingerprint density at radius 3 is 2.53 bits per heavy atom. The van der Waals surface area contributed by atoms with E-state index >= 15 is 0 Å². The average Bonchev–Trinajstić information content (AvgIpc) is 2.71. The molecule has 1 atom stereocenters. The van der Waals surface area contributed by atoms with Crippen LogP contribution in [0, 0.1) is 5.92 Å². The Balaban J connectivity index is 2.45. The maximum absolute atomic E-state index is 11.9. The number of aliphatic carboxylic acids is 1. The van der Waals surface area contributed by atoms with Crippen LogP contribution in [0.15, 0.2) is 22.7 Å². The number of benzene rings is 1. The Bertz CT molecular complexity index is 571. The van der Waals surface area contributed by atoms with Crippen molar-refractivity contribution in [3.8, 4) is 0 Å². The summed E-state index contributed by atoms with van der Waals surface area (Å²) >= 11 is 3.21. The number of amides is 1. The van der Waals surface area contributed by atoms with Crippen molar-refractivity contribution >= 4 is 39.5 Å². The van der Waals surface area contributed by atoms with Gasteiger partial charge in [0, 0.05) is 17.4 Å². The third kappa shape index (κ3) is 2.46. The summed E-state index contributed by atoms with van der Waals surface area (Å²) in [4.78, 5) is 35.2. The smallest absolute Gasteiger partial charge is 0.337 e. The normalized spacial score (nSPS) is 18.7. The predicted octanol–water partition coefficient (Wildman–Crippen LogP) is 1.58. The van der Waals surface area contributed by atoms with E-state index in [1.165, 1.54) is 11.0 Å². The number of anilines is 1. The van der Waals surface area contributed by atoms with Crippen molar-refractivity contribution in [3.05, 3.63) is 28.2 Å². The summed E-state index contributed by atoms with van der Waals surface area (Å²) in [6.45, 7) is -0.0168. The van der Waals surface area contributed by atoms with Crippen molar-refractivity contribution in [1.82, 2.24) is 0 Å². The molecule has 1 fully saturated rings. The minimum Gasteiger partial charge on any atom is -0.481 e. The quantitative estimate of drug-likeness (QED) is 0.878. The molecule has 1 amide bonds. The highest BCUT2D eigenvalue weighted by molar-refractivity contribution is 9.10. The first-order valence-electron chi connectivity index (χ1n) is 5.46. The lowest BCUT2D eigenvalue weighted by molar-refractivity contribution is -0.141. The zero-order valence-corrected chi connectivity index (χ0v) is 11.3. The Kier molecular flexibility index (Phi) is 3.57. The minimum atomic E-state index is -1.16. The topological polar surface area (TPSA) is 94.9 Å². The fourth-order valence-corrected chi connectivity index (χ4v) is 2.63. The average molecular weight is 328 g/mol. The molecular weight excluding hydrogens is 318 g/mol. The lowest BCUT2D eigenvalue weighted by Gasteiger charge is -2.20. The van der Waals surface area contributed by atoms with Crippen LogP contribution < -0.4 is 4.90 Å². The van der Waals surface area contributed by atoms with E-state index in [1.54, 1.807) is 12.1 Å². The van der Waals surface area contributed by atoms with Crippen LogP contribution in [0.5, 0.6) is 0 Å². The first-order valence-corrected chi connectivity index (χ1v) is 6.26. The van der Waals surface area contributed by atoms with Gasteiger partial charge in [-0.2, -0.15) is 0 Å². The summed E-state index contributed by atoms with van der Waals surface area (Å²) in [5.41, 5.74) is 0.178. The predicted molar refractivity (Wildman–Crippen MR) is 69.2 cm³/mol. The summed E-state index contributed by atoms with van der Waals surface area (Å²) in [7, 11) is 0. The molecule has 2 N–H and O–H groups in total. The first kappa shape index (κ1) is 13.5. The molecule has 2 rings (SSSR count).